The molecule has 0 unspecified atom stereocenters. The number of aromatic nitrogens is 1. The van der Waals surface area contributed by atoms with E-state index in [4.69, 9.17) is 27.9 Å². The SMILES string of the molecule is CCOC(=O)Cc1cn(Cc2csc3cc(Cl)c(Cl)cc23)c2cc(Br)ccc12. The van der Waals surface area contributed by atoms with Crippen LogP contribution in [-0.4, -0.2) is 17.1 Å². The smallest absolute Gasteiger partial charge is 0.310 e. The van der Waals surface area contributed by atoms with Crippen molar-refractivity contribution < 1.29 is 9.53 Å². The van der Waals surface area contributed by atoms with Crippen LogP contribution in [0.15, 0.2) is 46.4 Å². The summed E-state index contributed by atoms with van der Waals surface area (Å²) >= 11 is 17.6. The minimum absolute atomic E-state index is 0.216. The van der Waals surface area contributed by atoms with Crippen LogP contribution in [0, 0.1) is 0 Å². The highest BCUT2D eigenvalue weighted by Gasteiger charge is 2.15. The maximum Gasteiger partial charge on any atom is 0.310 e. The summed E-state index contributed by atoms with van der Waals surface area (Å²) in [5.41, 5.74) is 3.19. The van der Waals surface area contributed by atoms with Gasteiger partial charge in [-0.1, -0.05) is 45.2 Å². The number of carbonyl (C=O) groups excluding carboxylic acids is 1. The first-order valence-corrected chi connectivity index (χ1v) is 11.2. The van der Waals surface area contributed by atoms with Gasteiger partial charge in [0.2, 0.25) is 0 Å². The predicted octanol–water partition coefficient (Wildman–Crippen LogP) is 7.08. The maximum atomic E-state index is 12.0. The number of rotatable bonds is 5. The van der Waals surface area contributed by atoms with Crippen molar-refractivity contribution in [3.05, 3.63) is 67.6 Å². The molecule has 0 radical (unpaired) electrons. The van der Waals surface area contributed by atoms with Crippen LogP contribution in [-0.2, 0) is 22.5 Å². The van der Waals surface area contributed by atoms with Crippen LogP contribution in [0.4, 0.5) is 0 Å². The van der Waals surface area contributed by atoms with E-state index in [2.05, 4.69) is 31.9 Å². The number of esters is 1. The Bertz CT molecular complexity index is 1200. The van der Waals surface area contributed by atoms with E-state index in [1.165, 1.54) is 0 Å². The van der Waals surface area contributed by atoms with E-state index >= 15 is 0 Å². The van der Waals surface area contributed by atoms with Crippen LogP contribution >= 0.6 is 50.5 Å². The third-order valence-corrected chi connectivity index (χ3v) is 6.81. The van der Waals surface area contributed by atoms with Crippen molar-refractivity contribution in [2.24, 2.45) is 0 Å². The molecule has 0 aliphatic rings. The molecule has 0 saturated carbocycles. The van der Waals surface area contributed by atoms with E-state index in [9.17, 15) is 4.79 Å². The van der Waals surface area contributed by atoms with Gasteiger partial charge >= 0.3 is 5.97 Å². The van der Waals surface area contributed by atoms with Crippen molar-refractivity contribution in [1.82, 2.24) is 4.57 Å². The Kier molecular flexibility index (Phi) is 5.70. The number of thiophene rings is 1. The first-order chi connectivity index (χ1) is 13.5. The van der Waals surface area contributed by atoms with Crippen LogP contribution in [0.5, 0.6) is 0 Å². The number of benzene rings is 2. The molecule has 0 bridgehead atoms. The molecule has 0 aliphatic heterocycles. The largest absolute Gasteiger partial charge is 0.466 e. The van der Waals surface area contributed by atoms with Gasteiger partial charge in [-0.25, -0.2) is 0 Å². The van der Waals surface area contributed by atoms with Crippen LogP contribution in [0.1, 0.15) is 18.1 Å². The van der Waals surface area contributed by atoms with Gasteiger partial charge in [-0.15, -0.1) is 11.3 Å². The summed E-state index contributed by atoms with van der Waals surface area (Å²) < 4.78 is 9.40. The number of ether oxygens (including phenoxy) is 1. The lowest BCUT2D eigenvalue weighted by Crippen LogP contribution is -2.07. The number of halogens is 3. The van der Waals surface area contributed by atoms with Gasteiger partial charge in [0.1, 0.15) is 0 Å². The zero-order valence-electron chi connectivity index (χ0n) is 15.0. The quantitative estimate of drug-likeness (QED) is 0.276. The van der Waals surface area contributed by atoms with Crippen molar-refractivity contribution in [2.75, 3.05) is 6.61 Å². The minimum atomic E-state index is -0.216. The Morgan fingerprint density at radius 3 is 2.71 bits per heavy atom. The van der Waals surface area contributed by atoms with Crippen LogP contribution < -0.4 is 0 Å². The summed E-state index contributed by atoms with van der Waals surface area (Å²) in [5, 5.41) is 5.40. The maximum absolute atomic E-state index is 12.0. The standard InChI is InChI=1S/C21H16BrCl2NO2S/c1-2-27-21(26)5-12-9-25(19-6-14(22)3-4-15(12)19)10-13-11-28-20-8-18(24)17(23)7-16(13)20/h3-4,6-9,11H,2,5,10H2,1H3. The summed E-state index contributed by atoms with van der Waals surface area (Å²) in [6.07, 6.45) is 2.29. The van der Waals surface area contributed by atoms with Crippen molar-refractivity contribution in [1.29, 1.82) is 0 Å². The first-order valence-electron chi connectivity index (χ1n) is 8.74. The fourth-order valence-electron chi connectivity index (χ4n) is 3.36. The van der Waals surface area contributed by atoms with Gasteiger partial charge < -0.3 is 9.30 Å². The first kappa shape index (κ1) is 19.8. The predicted molar refractivity (Wildman–Crippen MR) is 121 cm³/mol. The summed E-state index contributed by atoms with van der Waals surface area (Å²) in [4.78, 5) is 12.0. The molecule has 7 heteroatoms. The van der Waals surface area contributed by atoms with E-state index < -0.39 is 0 Å². The molecule has 4 aromatic rings. The fourth-order valence-corrected chi connectivity index (χ4v) is 5.08. The molecule has 0 saturated heterocycles. The van der Waals surface area contributed by atoms with Crippen LogP contribution in [0.3, 0.4) is 0 Å². The van der Waals surface area contributed by atoms with Crippen molar-refractivity contribution >= 4 is 77.4 Å². The van der Waals surface area contributed by atoms with E-state index in [-0.39, 0.29) is 12.4 Å². The average Bonchev–Trinajstić information content (AvgIpc) is 3.17. The molecule has 28 heavy (non-hydrogen) atoms. The van der Waals surface area contributed by atoms with Crippen LogP contribution in [0.2, 0.25) is 10.0 Å². The highest BCUT2D eigenvalue weighted by atomic mass is 79.9. The number of hydrogen-bond donors (Lipinski definition) is 0. The number of fused-ring (bicyclic) bond motifs is 2. The zero-order valence-corrected chi connectivity index (χ0v) is 18.9. The molecule has 0 N–H and O–H groups in total. The van der Waals surface area contributed by atoms with E-state index in [0.29, 0.717) is 23.2 Å². The van der Waals surface area contributed by atoms with E-state index in [0.717, 1.165) is 36.6 Å². The number of carbonyl (C=O) groups is 1. The molecule has 0 amide bonds. The third-order valence-electron chi connectivity index (χ3n) is 4.60. The Labute approximate surface area is 184 Å². The van der Waals surface area contributed by atoms with E-state index in [1.807, 2.05) is 37.4 Å². The summed E-state index contributed by atoms with van der Waals surface area (Å²) in [6, 6.07) is 9.93. The van der Waals surface area contributed by atoms with Crippen LogP contribution in [0.25, 0.3) is 21.0 Å². The number of hydrogen-bond acceptors (Lipinski definition) is 3. The van der Waals surface area contributed by atoms with Crippen molar-refractivity contribution in [2.45, 2.75) is 19.9 Å². The van der Waals surface area contributed by atoms with Crippen molar-refractivity contribution in [3.63, 3.8) is 0 Å². The normalized spacial score (nSPS) is 11.4. The lowest BCUT2D eigenvalue weighted by Gasteiger charge is -2.06. The molecule has 0 atom stereocenters. The molecule has 0 spiro atoms. The Balaban J connectivity index is 1.77. The van der Waals surface area contributed by atoms with Gasteiger partial charge in [-0.3, -0.25) is 4.79 Å². The topological polar surface area (TPSA) is 31.2 Å². The Morgan fingerprint density at radius 1 is 1.14 bits per heavy atom. The van der Waals surface area contributed by atoms with Gasteiger partial charge in [-0.05, 0) is 53.1 Å². The highest BCUT2D eigenvalue weighted by molar-refractivity contribution is 9.10. The summed E-state index contributed by atoms with van der Waals surface area (Å²) in [7, 11) is 0. The van der Waals surface area contributed by atoms with Crippen molar-refractivity contribution in [3.8, 4) is 0 Å². The molecule has 144 valence electrons. The lowest BCUT2D eigenvalue weighted by molar-refractivity contribution is -0.142. The highest BCUT2D eigenvalue weighted by Crippen LogP contribution is 2.35. The molecule has 0 aliphatic carbocycles. The molecule has 2 heterocycles. The summed E-state index contributed by atoms with van der Waals surface area (Å²) in [5.74, 6) is -0.216. The molecular weight excluding hydrogens is 481 g/mol. The Hall–Kier alpha value is -1.53. The van der Waals surface area contributed by atoms with E-state index in [1.54, 1.807) is 11.3 Å². The van der Waals surface area contributed by atoms with Gasteiger partial charge in [0, 0.05) is 32.8 Å². The molecular formula is C21H16BrCl2NO2S. The molecule has 0 fully saturated rings. The summed E-state index contributed by atoms with van der Waals surface area (Å²) in [6.45, 7) is 2.87. The second-order valence-corrected chi connectivity index (χ2v) is 9.09. The third kappa shape index (κ3) is 3.81. The lowest BCUT2D eigenvalue weighted by atomic mass is 10.1. The monoisotopic (exact) mass is 495 g/mol. The van der Waals surface area contributed by atoms with Gasteiger partial charge in [0.05, 0.1) is 23.1 Å². The minimum Gasteiger partial charge on any atom is -0.466 e. The second-order valence-electron chi connectivity index (χ2n) is 6.45. The van der Waals surface area contributed by atoms with Gasteiger partial charge in [0.15, 0.2) is 0 Å². The number of nitrogens with zero attached hydrogens (tertiary/aromatic N) is 1. The average molecular weight is 497 g/mol. The van der Waals surface area contributed by atoms with Gasteiger partial charge in [0.25, 0.3) is 0 Å². The fraction of sp³-hybridized carbons (Fsp3) is 0.190. The Morgan fingerprint density at radius 2 is 1.93 bits per heavy atom. The second kappa shape index (κ2) is 8.07. The molecule has 3 nitrogen and oxygen atoms in total. The molecule has 2 aromatic carbocycles. The zero-order chi connectivity index (χ0) is 19.8. The molecule has 4 rings (SSSR count). The van der Waals surface area contributed by atoms with Gasteiger partial charge in [-0.2, -0.15) is 0 Å². The molecule has 2 aromatic heterocycles.